The highest BCUT2D eigenvalue weighted by molar-refractivity contribution is 7.89. The molecule has 17 heavy (non-hydrogen) atoms. The number of hydrogen-bond donors (Lipinski definition) is 0. The molecule has 0 heterocycles. The summed E-state index contributed by atoms with van der Waals surface area (Å²) in [7, 11) is -3.06. The summed E-state index contributed by atoms with van der Waals surface area (Å²) >= 11 is 0. The van der Waals surface area contributed by atoms with Crippen molar-refractivity contribution in [3.05, 3.63) is 35.9 Å². The van der Waals surface area contributed by atoms with Gasteiger partial charge in [0.15, 0.2) is 0 Å². The molecule has 0 bridgehead atoms. The van der Waals surface area contributed by atoms with Crippen molar-refractivity contribution < 1.29 is 8.42 Å². The fourth-order valence-corrected chi connectivity index (χ4v) is 3.32. The highest BCUT2D eigenvalue weighted by atomic mass is 32.2. The molecule has 0 amide bonds. The molecule has 0 atom stereocenters. The van der Waals surface area contributed by atoms with Crippen LogP contribution < -0.4 is 0 Å². The highest BCUT2D eigenvalue weighted by Crippen LogP contribution is 2.07. The molecule has 4 heteroatoms. The third-order valence-electron chi connectivity index (χ3n) is 2.70. The van der Waals surface area contributed by atoms with Crippen LogP contribution in [0.4, 0.5) is 0 Å². The van der Waals surface area contributed by atoms with Gasteiger partial charge < -0.3 is 0 Å². The van der Waals surface area contributed by atoms with E-state index >= 15 is 0 Å². The maximum Gasteiger partial charge on any atom is 0.214 e. The van der Waals surface area contributed by atoms with Crippen LogP contribution in [0.15, 0.2) is 30.3 Å². The molecule has 0 saturated heterocycles. The maximum atomic E-state index is 11.9. The van der Waals surface area contributed by atoms with E-state index in [0.29, 0.717) is 19.5 Å². The highest BCUT2D eigenvalue weighted by Gasteiger charge is 2.18. The maximum absolute atomic E-state index is 11.9. The molecular formula is C13H21NO2S. The van der Waals surface area contributed by atoms with Crippen molar-refractivity contribution in [3.8, 4) is 0 Å². The molecule has 3 nitrogen and oxygen atoms in total. The SMILES string of the molecule is CCCS(=O)(=O)N(CC)CCc1ccccc1. The van der Waals surface area contributed by atoms with E-state index in [2.05, 4.69) is 0 Å². The Morgan fingerprint density at radius 3 is 2.29 bits per heavy atom. The van der Waals surface area contributed by atoms with E-state index in [1.54, 1.807) is 4.31 Å². The number of sulfonamides is 1. The van der Waals surface area contributed by atoms with Gasteiger partial charge in [-0.1, -0.05) is 44.2 Å². The van der Waals surface area contributed by atoms with Gasteiger partial charge in [0.1, 0.15) is 0 Å². The van der Waals surface area contributed by atoms with Gasteiger partial charge in [-0.25, -0.2) is 12.7 Å². The van der Waals surface area contributed by atoms with E-state index in [1.807, 2.05) is 44.2 Å². The Morgan fingerprint density at radius 1 is 1.12 bits per heavy atom. The summed E-state index contributed by atoms with van der Waals surface area (Å²) in [6, 6.07) is 9.98. The summed E-state index contributed by atoms with van der Waals surface area (Å²) in [6.07, 6.45) is 1.45. The first kappa shape index (κ1) is 14.2. The van der Waals surface area contributed by atoms with Crippen molar-refractivity contribution in [2.45, 2.75) is 26.7 Å². The third kappa shape index (κ3) is 4.48. The van der Waals surface area contributed by atoms with Crippen LogP contribution in [0.3, 0.4) is 0 Å². The van der Waals surface area contributed by atoms with Crippen LogP contribution in [0, 0.1) is 0 Å². The van der Waals surface area contributed by atoms with Crippen LogP contribution in [0.5, 0.6) is 0 Å². The van der Waals surface area contributed by atoms with Crippen LogP contribution in [-0.2, 0) is 16.4 Å². The quantitative estimate of drug-likeness (QED) is 0.749. The molecule has 96 valence electrons. The van der Waals surface area contributed by atoms with Gasteiger partial charge in [-0.3, -0.25) is 0 Å². The largest absolute Gasteiger partial charge is 0.214 e. The van der Waals surface area contributed by atoms with E-state index in [-0.39, 0.29) is 5.75 Å². The lowest BCUT2D eigenvalue weighted by Crippen LogP contribution is -2.34. The number of likely N-dealkylation sites (N-methyl/N-ethyl adjacent to an activating group) is 1. The van der Waals surface area contributed by atoms with Crippen LogP contribution >= 0.6 is 0 Å². The molecule has 0 aromatic heterocycles. The first-order valence-electron chi connectivity index (χ1n) is 6.12. The van der Waals surface area contributed by atoms with Crippen molar-refractivity contribution in [1.82, 2.24) is 4.31 Å². The van der Waals surface area contributed by atoms with E-state index in [1.165, 1.54) is 5.56 Å². The van der Waals surface area contributed by atoms with E-state index in [9.17, 15) is 8.42 Å². The Balaban J connectivity index is 2.59. The zero-order valence-electron chi connectivity index (χ0n) is 10.6. The molecule has 0 saturated carbocycles. The molecule has 0 N–H and O–H groups in total. The van der Waals surface area contributed by atoms with Gasteiger partial charge >= 0.3 is 0 Å². The van der Waals surface area contributed by atoms with E-state index in [0.717, 1.165) is 6.42 Å². The summed E-state index contributed by atoms with van der Waals surface area (Å²) < 4.78 is 25.4. The molecule has 1 aromatic rings. The normalized spacial score (nSPS) is 11.9. The minimum Gasteiger partial charge on any atom is -0.212 e. The number of rotatable bonds is 7. The average molecular weight is 255 g/mol. The topological polar surface area (TPSA) is 37.4 Å². The molecule has 0 fully saturated rings. The van der Waals surface area contributed by atoms with Gasteiger partial charge in [-0.15, -0.1) is 0 Å². The lowest BCUT2D eigenvalue weighted by atomic mass is 10.1. The lowest BCUT2D eigenvalue weighted by Gasteiger charge is -2.20. The zero-order valence-corrected chi connectivity index (χ0v) is 11.4. The Hall–Kier alpha value is -0.870. The summed E-state index contributed by atoms with van der Waals surface area (Å²) in [5, 5.41) is 0. The van der Waals surface area contributed by atoms with Gasteiger partial charge in [0.25, 0.3) is 0 Å². The Morgan fingerprint density at radius 2 is 1.76 bits per heavy atom. The van der Waals surface area contributed by atoms with Crippen molar-refractivity contribution in [3.63, 3.8) is 0 Å². The smallest absolute Gasteiger partial charge is 0.212 e. The Labute approximate surface area is 105 Å². The van der Waals surface area contributed by atoms with Crippen molar-refractivity contribution in [2.75, 3.05) is 18.8 Å². The second-order valence-corrected chi connectivity index (χ2v) is 6.13. The summed E-state index contributed by atoms with van der Waals surface area (Å²) in [5.74, 6) is 0.246. The summed E-state index contributed by atoms with van der Waals surface area (Å²) in [6.45, 7) is 4.90. The minimum absolute atomic E-state index is 0.246. The molecule has 0 spiro atoms. The van der Waals surface area contributed by atoms with Crippen molar-refractivity contribution >= 4 is 10.0 Å². The molecule has 0 aliphatic carbocycles. The summed E-state index contributed by atoms with van der Waals surface area (Å²) in [4.78, 5) is 0. The molecule has 0 radical (unpaired) electrons. The van der Waals surface area contributed by atoms with Crippen LogP contribution in [-0.4, -0.2) is 31.6 Å². The van der Waals surface area contributed by atoms with Crippen LogP contribution in [0.25, 0.3) is 0 Å². The molecule has 1 rings (SSSR count). The predicted molar refractivity (Wildman–Crippen MR) is 71.5 cm³/mol. The second-order valence-electron chi connectivity index (χ2n) is 4.04. The van der Waals surface area contributed by atoms with Gasteiger partial charge in [-0.05, 0) is 18.4 Å². The monoisotopic (exact) mass is 255 g/mol. The standard InChI is InChI=1S/C13H21NO2S/c1-3-12-17(15,16)14(4-2)11-10-13-8-6-5-7-9-13/h5-9H,3-4,10-12H2,1-2H3. The van der Waals surface area contributed by atoms with Gasteiger partial charge in [0.2, 0.25) is 10.0 Å². The van der Waals surface area contributed by atoms with Crippen LogP contribution in [0.2, 0.25) is 0 Å². The minimum atomic E-state index is -3.06. The summed E-state index contributed by atoms with van der Waals surface area (Å²) in [5.41, 5.74) is 1.18. The van der Waals surface area contributed by atoms with Crippen molar-refractivity contribution in [1.29, 1.82) is 0 Å². The second kappa shape index (κ2) is 6.77. The molecular weight excluding hydrogens is 234 g/mol. The first-order chi connectivity index (χ1) is 8.10. The number of hydrogen-bond acceptors (Lipinski definition) is 2. The Kier molecular flexibility index (Phi) is 5.65. The first-order valence-corrected chi connectivity index (χ1v) is 7.72. The molecule has 1 aromatic carbocycles. The molecule has 0 unspecified atom stereocenters. The van der Waals surface area contributed by atoms with Gasteiger partial charge in [0.05, 0.1) is 5.75 Å². The third-order valence-corrected chi connectivity index (χ3v) is 4.85. The van der Waals surface area contributed by atoms with Crippen molar-refractivity contribution in [2.24, 2.45) is 0 Å². The van der Waals surface area contributed by atoms with Gasteiger partial charge in [-0.2, -0.15) is 0 Å². The lowest BCUT2D eigenvalue weighted by molar-refractivity contribution is 0.430. The molecule has 0 aliphatic rings. The fourth-order valence-electron chi connectivity index (χ4n) is 1.78. The zero-order chi connectivity index (χ0) is 12.7. The van der Waals surface area contributed by atoms with E-state index in [4.69, 9.17) is 0 Å². The Bertz CT molecular complexity index is 414. The number of nitrogens with zero attached hydrogens (tertiary/aromatic N) is 1. The number of benzene rings is 1. The van der Waals surface area contributed by atoms with E-state index < -0.39 is 10.0 Å². The van der Waals surface area contributed by atoms with Gasteiger partial charge in [0, 0.05) is 13.1 Å². The van der Waals surface area contributed by atoms with Crippen LogP contribution in [0.1, 0.15) is 25.8 Å². The average Bonchev–Trinajstić information content (AvgIpc) is 2.30. The predicted octanol–water partition coefficient (Wildman–Crippen LogP) is 2.29. The fraction of sp³-hybridized carbons (Fsp3) is 0.538. The molecule has 0 aliphatic heterocycles.